The van der Waals surface area contributed by atoms with E-state index in [0.717, 1.165) is 28.1 Å². The van der Waals surface area contributed by atoms with Crippen LogP contribution in [0.2, 0.25) is 0 Å². The second-order valence-electron chi connectivity index (χ2n) is 4.66. The van der Waals surface area contributed by atoms with Gasteiger partial charge in [-0.05, 0) is 43.3 Å². The molecule has 106 valence electrons. The van der Waals surface area contributed by atoms with Crippen molar-refractivity contribution in [3.63, 3.8) is 0 Å². The zero-order chi connectivity index (χ0) is 14.7. The molecule has 2 aromatic carbocycles. The first-order valence-corrected chi connectivity index (χ1v) is 6.86. The van der Waals surface area contributed by atoms with Crippen LogP contribution in [0.15, 0.2) is 48.5 Å². The minimum atomic E-state index is -0.200. The van der Waals surface area contributed by atoms with Crippen molar-refractivity contribution in [1.82, 2.24) is 15.3 Å². The van der Waals surface area contributed by atoms with Gasteiger partial charge in [-0.3, -0.25) is 0 Å². The Balaban J connectivity index is 1.81. The first kappa shape index (κ1) is 13.2. The third kappa shape index (κ3) is 2.86. The standard InChI is InChI=1S/C16H16N4O/c1-2-17-16(21)18-12-9-7-11(8-10-12)15-19-13-5-3-4-6-14(13)20-15/h3-10H,2H2,1H3,(H,19,20)(H2,17,18,21). The minimum Gasteiger partial charge on any atom is -0.338 e. The van der Waals surface area contributed by atoms with Gasteiger partial charge in [-0.25, -0.2) is 9.78 Å². The summed E-state index contributed by atoms with van der Waals surface area (Å²) in [6.45, 7) is 2.48. The van der Waals surface area contributed by atoms with Gasteiger partial charge >= 0.3 is 6.03 Å². The van der Waals surface area contributed by atoms with E-state index >= 15 is 0 Å². The third-order valence-electron chi connectivity index (χ3n) is 3.14. The molecule has 0 saturated heterocycles. The SMILES string of the molecule is CCNC(=O)Nc1ccc(-c2nc3ccccc3[nH]2)cc1. The number of H-pyrrole nitrogens is 1. The molecule has 5 heteroatoms. The molecule has 0 fully saturated rings. The summed E-state index contributed by atoms with van der Waals surface area (Å²) >= 11 is 0. The van der Waals surface area contributed by atoms with Crippen molar-refractivity contribution in [2.45, 2.75) is 6.92 Å². The monoisotopic (exact) mass is 280 g/mol. The van der Waals surface area contributed by atoms with Gasteiger partial charge in [0.2, 0.25) is 0 Å². The highest BCUT2D eigenvalue weighted by Gasteiger charge is 2.05. The van der Waals surface area contributed by atoms with Gasteiger partial charge in [-0.15, -0.1) is 0 Å². The fourth-order valence-corrected chi connectivity index (χ4v) is 2.14. The fourth-order valence-electron chi connectivity index (χ4n) is 2.14. The molecule has 0 atom stereocenters. The van der Waals surface area contributed by atoms with Crippen LogP contribution < -0.4 is 10.6 Å². The van der Waals surface area contributed by atoms with E-state index in [-0.39, 0.29) is 6.03 Å². The van der Waals surface area contributed by atoms with E-state index in [1.807, 2.05) is 55.5 Å². The van der Waals surface area contributed by atoms with Crippen LogP contribution in [-0.4, -0.2) is 22.5 Å². The van der Waals surface area contributed by atoms with Crippen molar-refractivity contribution in [2.24, 2.45) is 0 Å². The second kappa shape index (κ2) is 5.66. The van der Waals surface area contributed by atoms with Gasteiger partial charge in [0, 0.05) is 17.8 Å². The van der Waals surface area contributed by atoms with E-state index in [9.17, 15) is 4.79 Å². The van der Waals surface area contributed by atoms with E-state index in [2.05, 4.69) is 20.6 Å². The molecule has 0 spiro atoms. The smallest absolute Gasteiger partial charge is 0.319 e. The molecule has 0 bridgehead atoms. The molecule has 0 saturated carbocycles. The van der Waals surface area contributed by atoms with Gasteiger partial charge in [0.1, 0.15) is 5.82 Å². The number of amides is 2. The van der Waals surface area contributed by atoms with Crippen LogP contribution in [-0.2, 0) is 0 Å². The van der Waals surface area contributed by atoms with Crippen LogP contribution in [0, 0.1) is 0 Å². The second-order valence-corrected chi connectivity index (χ2v) is 4.66. The number of benzene rings is 2. The van der Waals surface area contributed by atoms with E-state index in [1.165, 1.54) is 0 Å². The number of hydrogen-bond acceptors (Lipinski definition) is 2. The molecular formula is C16H16N4O. The molecule has 3 N–H and O–H groups in total. The number of carbonyl (C=O) groups is 1. The molecule has 2 amide bonds. The van der Waals surface area contributed by atoms with Gasteiger partial charge in [-0.1, -0.05) is 12.1 Å². The normalized spacial score (nSPS) is 10.5. The maximum Gasteiger partial charge on any atom is 0.319 e. The first-order valence-electron chi connectivity index (χ1n) is 6.86. The van der Waals surface area contributed by atoms with Crippen LogP contribution >= 0.6 is 0 Å². The van der Waals surface area contributed by atoms with Crippen molar-refractivity contribution < 1.29 is 4.79 Å². The Kier molecular flexibility index (Phi) is 3.55. The quantitative estimate of drug-likeness (QED) is 0.688. The van der Waals surface area contributed by atoms with Crippen molar-refractivity contribution in [2.75, 3.05) is 11.9 Å². The first-order chi connectivity index (χ1) is 10.3. The lowest BCUT2D eigenvalue weighted by Gasteiger charge is -2.06. The minimum absolute atomic E-state index is 0.200. The molecule has 1 aromatic heterocycles. The largest absolute Gasteiger partial charge is 0.338 e. The number of para-hydroxylation sites is 2. The van der Waals surface area contributed by atoms with E-state index < -0.39 is 0 Å². The zero-order valence-corrected chi connectivity index (χ0v) is 11.7. The van der Waals surface area contributed by atoms with Crippen LogP contribution in [0.3, 0.4) is 0 Å². The Morgan fingerprint density at radius 1 is 1.14 bits per heavy atom. The fraction of sp³-hybridized carbons (Fsp3) is 0.125. The highest BCUT2D eigenvalue weighted by Crippen LogP contribution is 2.21. The summed E-state index contributed by atoms with van der Waals surface area (Å²) in [6.07, 6.45) is 0. The summed E-state index contributed by atoms with van der Waals surface area (Å²) in [5.41, 5.74) is 3.68. The predicted molar refractivity (Wildman–Crippen MR) is 84.2 cm³/mol. The average molecular weight is 280 g/mol. The Morgan fingerprint density at radius 3 is 2.62 bits per heavy atom. The van der Waals surface area contributed by atoms with E-state index in [4.69, 9.17) is 0 Å². The molecule has 21 heavy (non-hydrogen) atoms. The van der Waals surface area contributed by atoms with E-state index in [1.54, 1.807) is 0 Å². The average Bonchev–Trinajstić information content (AvgIpc) is 2.92. The zero-order valence-electron chi connectivity index (χ0n) is 11.7. The number of aromatic amines is 1. The van der Waals surface area contributed by atoms with Gasteiger partial charge in [0.05, 0.1) is 11.0 Å². The topological polar surface area (TPSA) is 69.8 Å². The summed E-state index contributed by atoms with van der Waals surface area (Å²) in [6, 6.07) is 15.3. The molecule has 0 unspecified atom stereocenters. The third-order valence-corrected chi connectivity index (χ3v) is 3.14. The summed E-state index contributed by atoms with van der Waals surface area (Å²) < 4.78 is 0. The molecule has 5 nitrogen and oxygen atoms in total. The number of aromatic nitrogens is 2. The number of anilines is 1. The predicted octanol–water partition coefficient (Wildman–Crippen LogP) is 3.37. The molecule has 0 aliphatic rings. The van der Waals surface area contributed by atoms with Crippen molar-refractivity contribution in [3.8, 4) is 11.4 Å². The Labute approximate surface area is 122 Å². The maximum absolute atomic E-state index is 11.4. The highest BCUT2D eigenvalue weighted by atomic mass is 16.2. The molecular weight excluding hydrogens is 264 g/mol. The lowest BCUT2D eigenvalue weighted by Crippen LogP contribution is -2.28. The van der Waals surface area contributed by atoms with Crippen LogP contribution in [0.5, 0.6) is 0 Å². The molecule has 3 rings (SSSR count). The van der Waals surface area contributed by atoms with Gasteiger partial charge < -0.3 is 15.6 Å². The number of rotatable bonds is 3. The Hall–Kier alpha value is -2.82. The number of carbonyl (C=O) groups excluding carboxylic acids is 1. The summed E-state index contributed by atoms with van der Waals surface area (Å²) in [7, 11) is 0. The molecule has 1 heterocycles. The molecule has 0 radical (unpaired) electrons. The van der Waals surface area contributed by atoms with Gasteiger partial charge in [0.15, 0.2) is 0 Å². The van der Waals surface area contributed by atoms with Crippen molar-refractivity contribution in [3.05, 3.63) is 48.5 Å². The summed E-state index contributed by atoms with van der Waals surface area (Å²) in [5.74, 6) is 0.820. The molecule has 0 aliphatic carbocycles. The molecule has 0 aliphatic heterocycles. The molecule has 3 aromatic rings. The van der Waals surface area contributed by atoms with Gasteiger partial charge in [-0.2, -0.15) is 0 Å². The summed E-state index contributed by atoms with van der Waals surface area (Å²) in [5, 5.41) is 5.46. The Bertz CT molecular complexity index is 728. The Morgan fingerprint density at radius 2 is 1.90 bits per heavy atom. The summed E-state index contributed by atoms with van der Waals surface area (Å²) in [4.78, 5) is 19.3. The number of fused-ring (bicyclic) bond motifs is 1. The number of hydrogen-bond donors (Lipinski definition) is 3. The number of imidazole rings is 1. The van der Waals surface area contributed by atoms with E-state index in [0.29, 0.717) is 6.54 Å². The van der Waals surface area contributed by atoms with Crippen LogP contribution in [0.25, 0.3) is 22.4 Å². The number of urea groups is 1. The van der Waals surface area contributed by atoms with Crippen molar-refractivity contribution >= 4 is 22.8 Å². The van der Waals surface area contributed by atoms with Crippen molar-refractivity contribution in [1.29, 1.82) is 0 Å². The maximum atomic E-state index is 11.4. The van der Waals surface area contributed by atoms with Gasteiger partial charge in [0.25, 0.3) is 0 Å². The highest BCUT2D eigenvalue weighted by molar-refractivity contribution is 5.89. The number of nitrogens with one attached hydrogen (secondary N) is 3. The van der Waals surface area contributed by atoms with Crippen LogP contribution in [0.1, 0.15) is 6.92 Å². The lowest BCUT2D eigenvalue weighted by atomic mass is 10.2. The lowest BCUT2D eigenvalue weighted by molar-refractivity contribution is 0.252. The number of nitrogens with zero attached hydrogens (tertiary/aromatic N) is 1. The van der Waals surface area contributed by atoms with Crippen LogP contribution in [0.4, 0.5) is 10.5 Å².